The summed E-state index contributed by atoms with van der Waals surface area (Å²) < 4.78 is 0. The van der Waals surface area contributed by atoms with Gasteiger partial charge in [-0.2, -0.15) is 0 Å². The molecule has 3 aliphatic rings. The van der Waals surface area contributed by atoms with Gasteiger partial charge in [-0.15, -0.1) is 0 Å². The summed E-state index contributed by atoms with van der Waals surface area (Å²) in [6, 6.07) is 5.57. The maximum Gasteiger partial charge on any atom is 0.235 e. The van der Waals surface area contributed by atoms with Crippen molar-refractivity contribution in [3.8, 4) is 0 Å². The zero-order chi connectivity index (χ0) is 15.4. The molecule has 4 rings (SSSR count). The molecule has 5 heteroatoms. The van der Waals surface area contributed by atoms with E-state index in [-0.39, 0.29) is 42.2 Å². The fraction of sp³-hybridized carbons (Fsp3) is 0.412. The molecule has 1 saturated heterocycles. The van der Waals surface area contributed by atoms with Crippen molar-refractivity contribution < 1.29 is 9.59 Å². The number of nitrogens with one attached hydrogen (secondary N) is 1. The summed E-state index contributed by atoms with van der Waals surface area (Å²) in [5.74, 6) is 0.182. The predicted molar refractivity (Wildman–Crippen MR) is 84.2 cm³/mol. The van der Waals surface area contributed by atoms with Gasteiger partial charge in [-0.1, -0.05) is 29.8 Å². The van der Waals surface area contributed by atoms with Crippen LogP contribution < -0.4 is 5.32 Å². The average Bonchev–Trinajstić information content (AvgIpc) is 3.17. The van der Waals surface area contributed by atoms with Gasteiger partial charge in [0.05, 0.1) is 18.5 Å². The van der Waals surface area contributed by atoms with Crippen LogP contribution in [0.15, 0.2) is 30.4 Å². The molecule has 22 heavy (non-hydrogen) atoms. The Hall–Kier alpha value is -1.81. The van der Waals surface area contributed by atoms with Crippen LogP contribution in [0.5, 0.6) is 0 Å². The first-order chi connectivity index (χ1) is 10.6. The first kappa shape index (κ1) is 13.8. The molecule has 2 fully saturated rings. The Balaban J connectivity index is 1.52. The fourth-order valence-corrected chi connectivity index (χ4v) is 4.26. The number of likely N-dealkylation sites (tertiary alicyclic amines) is 1. The van der Waals surface area contributed by atoms with E-state index in [1.807, 2.05) is 25.1 Å². The van der Waals surface area contributed by atoms with E-state index in [1.165, 1.54) is 4.90 Å². The van der Waals surface area contributed by atoms with Crippen LogP contribution in [0, 0.1) is 30.6 Å². The molecule has 0 unspecified atom stereocenters. The zero-order valence-corrected chi connectivity index (χ0v) is 13.0. The second-order valence-corrected chi connectivity index (χ2v) is 6.76. The average molecular weight is 317 g/mol. The van der Waals surface area contributed by atoms with Gasteiger partial charge in [0.2, 0.25) is 11.8 Å². The maximum atomic E-state index is 12.6. The molecule has 4 atom stereocenters. The number of nitrogens with zero attached hydrogens (tertiary/aromatic N) is 1. The first-order valence-electron chi connectivity index (χ1n) is 7.60. The zero-order valence-electron chi connectivity index (χ0n) is 12.3. The summed E-state index contributed by atoms with van der Waals surface area (Å²) in [7, 11) is 0. The van der Waals surface area contributed by atoms with E-state index in [2.05, 4.69) is 17.5 Å². The number of rotatable bonds is 3. The first-order valence-corrected chi connectivity index (χ1v) is 7.98. The Kier molecular flexibility index (Phi) is 3.05. The number of carbonyl (C=O) groups excluding carboxylic acids is 2. The quantitative estimate of drug-likeness (QED) is 0.689. The van der Waals surface area contributed by atoms with Gasteiger partial charge in [0.25, 0.3) is 0 Å². The lowest BCUT2D eigenvalue weighted by atomic mass is 9.85. The molecule has 0 aromatic heterocycles. The van der Waals surface area contributed by atoms with E-state index < -0.39 is 0 Å². The minimum Gasteiger partial charge on any atom is -0.367 e. The van der Waals surface area contributed by atoms with Gasteiger partial charge in [0.1, 0.15) is 0 Å². The van der Waals surface area contributed by atoms with Crippen LogP contribution in [0.25, 0.3) is 0 Å². The number of hydrogen-bond donors (Lipinski definition) is 1. The van der Waals surface area contributed by atoms with Crippen LogP contribution in [-0.2, 0) is 9.59 Å². The van der Waals surface area contributed by atoms with E-state index in [0.29, 0.717) is 5.02 Å². The van der Waals surface area contributed by atoms with Crippen molar-refractivity contribution >= 4 is 29.1 Å². The standard InChI is InChI=1S/C17H17ClN2O2/c1-9-12(18)3-2-4-13(9)19-8-20-16(21)14-10-5-6-11(7-10)15(14)17(20)22/h2-6,10-11,14-15,19H,7-8H2,1H3/t10-,11-,14-,15+/m0/s1. The third-order valence-electron chi connectivity index (χ3n) is 5.26. The van der Waals surface area contributed by atoms with Crippen LogP contribution in [-0.4, -0.2) is 23.4 Å². The number of hydrogen-bond acceptors (Lipinski definition) is 3. The smallest absolute Gasteiger partial charge is 0.235 e. The van der Waals surface area contributed by atoms with E-state index in [0.717, 1.165) is 17.7 Å². The Morgan fingerprint density at radius 3 is 2.45 bits per heavy atom. The predicted octanol–water partition coefficient (Wildman–Crippen LogP) is 2.82. The molecule has 1 heterocycles. The third-order valence-corrected chi connectivity index (χ3v) is 5.67. The lowest BCUT2D eigenvalue weighted by Crippen LogP contribution is -2.37. The van der Waals surface area contributed by atoms with Crippen LogP contribution >= 0.6 is 11.6 Å². The molecule has 1 aliphatic heterocycles. The minimum atomic E-state index is -0.134. The number of imide groups is 1. The number of anilines is 1. The normalized spacial score (nSPS) is 32.0. The molecule has 2 bridgehead atoms. The number of fused-ring (bicyclic) bond motifs is 5. The molecule has 2 amide bonds. The summed E-state index contributed by atoms with van der Waals surface area (Å²) in [6.45, 7) is 2.13. The molecule has 0 radical (unpaired) electrons. The van der Waals surface area contributed by atoms with Gasteiger partial charge in [-0.3, -0.25) is 14.5 Å². The fourth-order valence-electron chi connectivity index (χ4n) is 4.08. The topological polar surface area (TPSA) is 49.4 Å². The van der Waals surface area contributed by atoms with Crippen LogP contribution in [0.4, 0.5) is 5.69 Å². The number of amides is 2. The third kappa shape index (κ3) is 1.83. The molecule has 0 spiro atoms. The van der Waals surface area contributed by atoms with Crippen molar-refractivity contribution in [2.75, 3.05) is 12.0 Å². The molecule has 4 nitrogen and oxygen atoms in total. The number of halogens is 1. The van der Waals surface area contributed by atoms with Crippen molar-refractivity contribution in [1.29, 1.82) is 0 Å². The highest BCUT2D eigenvalue weighted by molar-refractivity contribution is 6.31. The van der Waals surface area contributed by atoms with Gasteiger partial charge in [-0.05, 0) is 42.9 Å². The maximum absolute atomic E-state index is 12.6. The molecule has 2 aliphatic carbocycles. The van der Waals surface area contributed by atoms with Gasteiger partial charge < -0.3 is 5.32 Å². The Morgan fingerprint density at radius 1 is 1.18 bits per heavy atom. The van der Waals surface area contributed by atoms with Gasteiger partial charge in [-0.25, -0.2) is 0 Å². The lowest BCUT2D eigenvalue weighted by molar-refractivity contribution is -0.140. The van der Waals surface area contributed by atoms with Crippen LogP contribution in [0.2, 0.25) is 5.02 Å². The van der Waals surface area contributed by atoms with E-state index in [1.54, 1.807) is 0 Å². The van der Waals surface area contributed by atoms with Crippen molar-refractivity contribution in [2.24, 2.45) is 23.7 Å². The van der Waals surface area contributed by atoms with Crippen molar-refractivity contribution in [3.05, 3.63) is 40.9 Å². The highest BCUT2D eigenvalue weighted by Gasteiger charge is 2.59. The molecule has 1 saturated carbocycles. The van der Waals surface area contributed by atoms with Gasteiger partial charge in [0, 0.05) is 10.7 Å². The summed E-state index contributed by atoms with van der Waals surface area (Å²) >= 11 is 6.10. The monoisotopic (exact) mass is 316 g/mol. The van der Waals surface area contributed by atoms with E-state index in [4.69, 9.17) is 11.6 Å². The molecule has 1 aromatic carbocycles. The Bertz CT molecular complexity index is 670. The molecule has 1 N–H and O–H groups in total. The van der Waals surface area contributed by atoms with Crippen molar-refractivity contribution in [2.45, 2.75) is 13.3 Å². The molecular weight excluding hydrogens is 300 g/mol. The highest BCUT2D eigenvalue weighted by atomic mass is 35.5. The van der Waals surface area contributed by atoms with Gasteiger partial charge in [0.15, 0.2) is 0 Å². The number of benzene rings is 1. The summed E-state index contributed by atoms with van der Waals surface area (Å²) in [6.07, 6.45) is 5.17. The van der Waals surface area contributed by atoms with Crippen LogP contribution in [0.3, 0.4) is 0 Å². The SMILES string of the molecule is Cc1c(Cl)cccc1NCN1C(=O)[C@@H]2[C@H](C1=O)[C@H]1C=C[C@H]2C1. The molecular formula is C17H17ClN2O2. The second kappa shape index (κ2) is 4.85. The molecule has 114 valence electrons. The second-order valence-electron chi connectivity index (χ2n) is 6.35. The molecule has 1 aromatic rings. The van der Waals surface area contributed by atoms with Crippen LogP contribution in [0.1, 0.15) is 12.0 Å². The van der Waals surface area contributed by atoms with Crippen molar-refractivity contribution in [1.82, 2.24) is 4.90 Å². The Morgan fingerprint density at radius 2 is 1.82 bits per heavy atom. The van der Waals surface area contributed by atoms with Crippen molar-refractivity contribution in [3.63, 3.8) is 0 Å². The summed E-state index contributed by atoms with van der Waals surface area (Å²) in [5, 5.41) is 3.84. The van der Waals surface area contributed by atoms with Gasteiger partial charge >= 0.3 is 0 Å². The lowest BCUT2D eigenvalue weighted by Gasteiger charge is -2.19. The highest BCUT2D eigenvalue weighted by Crippen LogP contribution is 2.52. The Labute approximate surface area is 134 Å². The number of carbonyl (C=O) groups is 2. The largest absolute Gasteiger partial charge is 0.367 e. The van der Waals surface area contributed by atoms with E-state index in [9.17, 15) is 9.59 Å². The van der Waals surface area contributed by atoms with E-state index >= 15 is 0 Å². The summed E-state index contributed by atoms with van der Waals surface area (Å²) in [4.78, 5) is 26.5. The minimum absolute atomic E-state index is 0.0287. The summed E-state index contributed by atoms with van der Waals surface area (Å²) in [5.41, 5.74) is 1.77. The number of allylic oxidation sites excluding steroid dienone is 2.